The number of nitrogens with one attached hydrogen (secondary N) is 1. The molecule has 2 fully saturated rings. The minimum atomic E-state index is -0.930. The maximum Gasteiger partial charge on any atom is 0.327 e. The number of halogens is 1. The predicted octanol–water partition coefficient (Wildman–Crippen LogP) is 1.95. The van der Waals surface area contributed by atoms with Crippen LogP contribution in [-0.2, 0) is 9.59 Å². The van der Waals surface area contributed by atoms with Gasteiger partial charge in [-0.2, -0.15) is 4.39 Å². The first-order valence-corrected chi connectivity index (χ1v) is 8.19. The number of amides is 2. The van der Waals surface area contributed by atoms with Crippen molar-refractivity contribution in [3.63, 3.8) is 0 Å². The first-order valence-electron chi connectivity index (χ1n) is 8.19. The third kappa shape index (κ3) is 2.32. The lowest BCUT2D eigenvalue weighted by Crippen LogP contribution is -2.36. The summed E-state index contributed by atoms with van der Waals surface area (Å²) in [7, 11) is 0. The molecule has 4 atom stereocenters. The molecular weight excluding hydrogens is 329 g/mol. The molecule has 1 aromatic rings. The summed E-state index contributed by atoms with van der Waals surface area (Å²) in [5, 5.41) is 13.7. The highest BCUT2D eigenvalue weighted by atomic mass is 19.1. The van der Waals surface area contributed by atoms with Crippen molar-refractivity contribution in [3.8, 4) is 0 Å². The number of anilines is 1. The Morgan fingerprint density at radius 1 is 1.20 bits per heavy atom. The number of carbonyl (C=O) groups excluding carboxylic acids is 2. The molecule has 2 aliphatic carbocycles. The number of benzene rings is 1. The zero-order valence-electron chi connectivity index (χ0n) is 13.2. The lowest BCUT2D eigenvalue weighted by atomic mass is 9.85. The van der Waals surface area contributed by atoms with E-state index in [9.17, 15) is 24.1 Å². The fourth-order valence-corrected chi connectivity index (χ4v) is 4.33. The number of para-hydroxylation sites is 1. The second kappa shape index (κ2) is 5.65. The molecule has 1 heterocycles. The van der Waals surface area contributed by atoms with Crippen LogP contribution in [0.1, 0.15) is 6.42 Å². The minimum Gasteiger partial charge on any atom is -0.378 e. The number of fused-ring (bicyclic) bond motifs is 5. The number of hydrogen-bond acceptors (Lipinski definition) is 5. The summed E-state index contributed by atoms with van der Waals surface area (Å²) in [5.74, 6) is -1.48. The molecule has 0 unspecified atom stereocenters. The largest absolute Gasteiger partial charge is 0.378 e. The van der Waals surface area contributed by atoms with Crippen molar-refractivity contribution in [2.24, 2.45) is 23.7 Å². The Labute approximate surface area is 142 Å². The molecule has 2 bridgehead atoms. The maximum atomic E-state index is 13.6. The van der Waals surface area contributed by atoms with Gasteiger partial charge in [0, 0.05) is 13.1 Å². The van der Waals surface area contributed by atoms with Crippen LogP contribution in [0.3, 0.4) is 0 Å². The molecule has 1 aliphatic heterocycles. The molecule has 3 aliphatic rings. The van der Waals surface area contributed by atoms with Gasteiger partial charge < -0.3 is 5.32 Å². The van der Waals surface area contributed by atoms with Gasteiger partial charge >= 0.3 is 5.69 Å². The summed E-state index contributed by atoms with van der Waals surface area (Å²) in [4.78, 5) is 36.5. The van der Waals surface area contributed by atoms with Crippen molar-refractivity contribution in [1.29, 1.82) is 0 Å². The quantitative estimate of drug-likeness (QED) is 0.381. The topological polar surface area (TPSA) is 92.6 Å². The monoisotopic (exact) mass is 345 g/mol. The van der Waals surface area contributed by atoms with Gasteiger partial charge in [0.05, 0.1) is 16.8 Å². The zero-order chi connectivity index (χ0) is 17.7. The fourth-order valence-electron chi connectivity index (χ4n) is 4.33. The molecule has 0 aromatic heterocycles. The average Bonchev–Trinajstić information content (AvgIpc) is 3.23. The molecule has 0 spiro atoms. The second-order valence-corrected chi connectivity index (χ2v) is 6.65. The van der Waals surface area contributed by atoms with E-state index in [-0.39, 0.29) is 54.3 Å². The SMILES string of the molecule is O=C1[C@@H]2[C@@H](C(=O)N1CCNc1cccc(F)c1[N+](=O)[O-])[C@H]1C=C[C@H]2C1. The molecule has 1 saturated heterocycles. The number of nitrogens with zero attached hydrogens (tertiary/aromatic N) is 2. The van der Waals surface area contributed by atoms with Crippen molar-refractivity contribution in [2.75, 3.05) is 18.4 Å². The van der Waals surface area contributed by atoms with Crippen molar-refractivity contribution in [3.05, 3.63) is 46.3 Å². The van der Waals surface area contributed by atoms with Gasteiger partial charge in [-0.05, 0) is 30.4 Å². The van der Waals surface area contributed by atoms with Crippen LogP contribution in [-0.4, -0.2) is 34.7 Å². The Hall–Kier alpha value is -2.77. The smallest absolute Gasteiger partial charge is 0.327 e. The minimum absolute atomic E-state index is 0.0334. The molecule has 130 valence electrons. The first-order chi connectivity index (χ1) is 12.0. The van der Waals surface area contributed by atoms with E-state index in [1.165, 1.54) is 17.0 Å². The van der Waals surface area contributed by atoms with Gasteiger partial charge in [-0.15, -0.1) is 0 Å². The van der Waals surface area contributed by atoms with Gasteiger partial charge in [0.2, 0.25) is 17.6 Å². The van der Waals surface area contributed by atoms with E-state index in [0.717, 1.165) is 12.5 Å². The van der Waals surface area contributed by atoms with Crippen LogP contribution in [0.25, 0.3) is 0 Å². The summed E-state index contributed by atoms with van der Waals surface area (Å²) in [6, 6.07) is 3.78. The van der Waals surface area contributed by atoms with Crippen LogP contribution in [0.2, 0.25) is 0 Å². The van der Waals surface area contributed by atoms with E-state index < -0.39 is 16.4 Å². The Balaban J connectivity index is 1.44. The zero-order valence-corrected chi connectivity index (χ0v) is 13.2. The molecule has 1 N–H and O–H groups in total. The van der Waals surface area contributed by atoms with E-state index in [2.05, 4.69) is 5.32 Å². The highest BCUT2D eigenvalue weighted by Crippen LogP contribution is 2.52. The number of rotatable bonds is 5. The van der Waals surface area contributed by atoms with Crippen LogP contribution >= 0.6 is 0 Å². The van der Waals surface area contributed by atoms with Crippen LogP contribution in [0.5, 0.6) is 0 Å². The van der Waals surface area contributed by atoms with E-state index in [1.807, 2.05) is 12.2 Å². The van der Waals surface area contributed by atoms with E-state index in [4.69, 9.17) is 0 Å². The Kier molecular flexibility index (Phi) is 3.55. The molecule has 4 rings (SSSR count). The van der Waals surface area contributed by atoms with Crippen molar-refractivity contribution >= 4 is 23.2 Å². The third-order valence-corrected chi connectivity index (χ3v) is 5.38. The number of allylic oxidation sites excluding steroid dienone is 2. The summed E-state index contributed by atoms with van der Waals surface area (Å²) in [5.41, 5.74) is -0.605. The Morgan fingerprint density at radius 3 is 2.44 bits per heavy atom. The van der Waals surface area contributed by atoms with Crippen LogP contribution in [0.4, 0.5) is 15.8 Å². The van der Waals surface area contributed by atoms with Gasteiger partial charge in [0.1, 0.15) is 5.69 Å². The second-order valence-electron chi connectivity index (χ2n) is 6.65. The first kappa shape index (κ1) is 15.7. The summed E-state index contributed by atoms with van der Waals surface area (Å²) >= 11 is 0. The Morgan fingerprint density at radius 2 is 1.84 bits per heavy atom. The van der Waals surface area contributed by atoms with Crippen molar-refractivity contribution in [2.45, 2.75) is 6.42 Å². The Bertz CT molecular complexity index is 779. The van der Waals surface area contributed by atoms with Crippen molar-refractivity contribution in [1.82, 2.24) is 4.90 Å². The van der Waals surface area contributed by atoms with Gasteiger partial charge in [0.15, 0.2) is 0 Å². The molecule has 1 aromatic carbocycles. The van der Waals surface area contributed by atoms with E-state index in [0.29, 0.717) is 0 Å². The maximum absolute atomic E-state index is 13.6. The average molecular weight is 345 g/mol. The predicted molar refractivity (Wildman–Crippen MR) is 86.0 cm³/mol. The molecular formula is C17H16FN3O4. The molecule has 7 nitrogen and oxygen atoms in total. The number of nitro benzene ring substituents is 1. The summed E-state index contributed by atoms with van der Waals surface area (Å²) in [6.07, 6.45) is 4.91. The van der Waals surface area contributed by atoms with Crippen LogP contribution in [0, 0.1) is 39.6 Å². The number of nitro groups is 1. The molecule has 1 saturated carbocycles. The fraction of sp³-hybridized carbons (Fsp3) is 0.412. The third-order valence-electron chi connectivity index (χ3n) is 5.38. The molecule has 8 heteroatoms. The summed E-state index contributed by atoms with van der Waals surface area (Å²) in [6.45, 7) is 0.238. The van der Waals surface area contributed by atoms with E-state index >= 15 is 0 Å². The summed E-state index contributed by atoms with van der Waals surface area (Å²) < 4.78 is 13.6. The van der Waals surface area contributed by atoms with Gasteiger partial charge in [-0.25, -0.2) is 0 Å². The number of imide groups is 1. The molecule has 25 heavy (non-hydrogen) atoms. The molecule has 2 amide bonds. The number of likely N-dealkylation sites (tertiary alicyclic amines) is 1. The highest BCUT2D eigenvalue weighted by Gasteiger charge is 2.58. The lowest BCUT2D eigenvalue weighted by molar-refractivity contribution is -0.386. The lowest BCUT2D eigenvalue weighted by Gasteiger charge is -2.17. The van der Waals surface area contributed by atoms with Gasteiger partial charge in [-0.1, -0.05) is 18.2 Å². The normalized spacial score (nSPS) is 29.4. The van der Waals surface area contributed by atoms with Crippen molar-refractivity contribution < 1.29 is 18.9 Å². The highest BCUT2D eigenvalue weighted by molar-refractivity contribution is 6.06. The van der Waals surface area contributed by atoms with Gasteiger partial charge in [0.25, 0.3) is 0 Å². The van der Waals surface area contributed by atoms with E-state index in [1.54, 1.807) is 0 Å². The standard InChI is InChI=1S/C17H16FN3O4/c18-11-2-1-3-12(15(11)21(24)25)19-6-7-20-16(22)13-9-4-5-10(8-9)14(13)17(20)23/h1-5,9-10,13-14,19H,6-8H2/t9-,10-,13-,14-/m0/s1. The van der Waals surface area contributed by atoms with Gasteiger partial charge in [-0.3, -0.25) is 24.6 Å². The number of carbonyl (C=O) groups is 2. The number of hydrogen-bond donors (Lipinski definition) is 1. The van der Waals surface area contributed by atoms with Crippen LogP contribution < -0.4 is 5.32 Å². The van der Waals surface area contributed by atoms with Crippen LogP contribution in [0.15, 0.2) is 30.4 Å². The molecule has 0 radical (unpaired) electrons.